The highest BCUT2D eigenvalue weighted by Gasteiger charge is 2.32. The summed E-state index contributed by atoms with van der Waals surface area (Å²) >= 11 is 1.63. The molecular formula is C15H21NO3S2. The van der Waals surface area contributed by atoms with Crippen molar-refractivity contribution in [3.8, 4) is 0 Å². The lowest BCUT2D eigenvalue weighted by Crippen LogP contribution is -2.48. The van der Waals surface area contributed by atoms with Gasteiger partial charge in [-0.05, 0) is 31.0 Å². The third-order valence-corrected chi connectivity index (χ3v) is 6.55. The van der Waals surface area contributed by atoms with E-state index >= 15 is 0 Å². The summed E-state index contributed by atoms with van der Waals surface area (Å²) in [7, 11) is -3.16. The highest BCUT2D eigenvalue weighted by atomic mass is 32.2. The van der Waals surface area contributed by atoms with Gasteiger partial charge in [0, 0.05) is 29.9 Å². The van der Waals surface area contributed by atoms with Crippen molar-refractivity contribution in [3.63, 3.8) is 0 Å². The van der Waals surface area contributed by atoms with E-state index in [9.17, 15) is 13.2 Å². The first-order valence-electron chi connectivity index (χ1n) is 6.90. The lowest BCUT2D eigenvalue weighted by atomic mass is 10.0. The van der Waals surface area contributed by atoms with Gasteiger partial charge in [-0.3, -0.25) is 9.69 Å². The van der Waals surface area contributed by atoms with Gasteiger partial charge in [-0.1, -0.05) is 12.1 Å². The molecule has 1 fully saturated rings. The summed E-state index contributed by atoms with van der Waals surface area (Å²) in [6.07, 6.45) is 1.25. The van der Waals surface area contributed by atoms with E-state index in [2.05, 4.69) is 0 Å². The molecule has 116 valence electrons. The van der Waals surface area contributed by atoms with E-state index in [1.165, 1.54) is 6.26 Å². The van der Waals surface area contributed by atoms with E-state index in [1.807, 2.05) is 32.0 Å². The number of aryl methyl sites for hydroxylation is 2. The number of ketones is 1. The van der Waals surface area contributed by atoms with Crippen molar-refractivity contribution in [2.45, 2.75) is 19.2 Å². The molecule has 6 heteroatoms. The Kier molecular flexibility index (Phi) is 5.11. The Hall–Kier alpha value is -0.850. The van der Waals surface area contributed by atoms with Crippen LogP contribution >= 0.6 is 11.8 Å². The maximum absolute atomic E-state index is 12.4. The predicted molar refractivity (Wildman–Crippen MR) is 87.8 cm³/mol. The molecule has 1 unspecified atom stereocenters. The Balaban J connectivity index is 2.15. The van der Waals surface area contributed by atoms with Crippen molar-refractivity contribution in [2.24, 2.45) is 0 Å². The fraction of sp³-hybridized carbons (Fsp3) is 0.533. The molecule has 0 bridgehead atoms. The number of thioether (sulfide) groups is 1. The minimum atomic E-state index is -3.16. The Labute approximate surface area is 130 Å². The second-order valence-electron chi connectivity index (χ2n) is 5.55. The van der Waals surface area contributed by atoms with Crippen molar-refractivity contribution in [1.29, 1.82) is 0 Å². The van der Waals surface area contributed by atoms with Gasteiger partial charge in [-0.25, -0.2) is 8.42 Å². The molecule has 1 aliphatic rings. The largest absolute Gasteiger partial charge is 0.293 e. The molecule has 21 heavy (non-hydrogen) atoms. The van der Waals surface area contributed by atoms with Gasteiger partial charge in [0.1, 0.15) is 5.37 Å². The molecule has 0 radical (unpaired) electrons. The van der Waals surface area contributed by atoms with Gasteiger partial charge in [-0.2, -0.15) is 11.8 Å². The molecule has 1 saturated heterocycles. The lowest BCUT2D eigenvalue weighted by molar-refractivity contribution is 0.0928. The number of hydrogen-bond acceptors (Lipinski definition) is 5. The average Bonchev–Trinajstić information content (AvgIpc) is 2.41. The highest BCUT2D eigenvalue weighted by molar-refractivity contribution is 8.00. The number of nitrogens with zero attached hydrogens (tertiary/aromatic N) is 1. The molecule has 1 atom stereocenters. The highest BCUT2D eigenvalue weighted by Crippen LogP contribution is 2.21. The zero-order valence-electron chi connectivity index (χ0n) is 12.6. The number of rotatable bonds is 4. The maximum atomic E-state index is 12.4. The SMILES string of the molecule is Cc1ccc(C(=O)CN2CCSCC2S(C)(=O)=O)cc1C. The monoisotopic (exact) mass is 327 g/mol. The summed E-state index contributed by atoms with van der Waals surface area (Å²) in [5.74, 6) is 1.39. The molecule has 0 spiro atoms. The Morgan fingerprint density at radius 2 is 2.05 bits per heavy atom. The van der Waals surface area contributed by atoms with Crippen LogP contribution in [0.5, 0.6) is 0 Å². The molecule has 0 saturated carbocycles. The van der Waals surface area contributed by atoms with Gasteiger partial charge >= 0.3 is 0 Å². The Morgan fingerprint density at radius 3 is 2.67 bits per heavy atom. The van der Waals surface area contributed by atoms with Crippen LogP contribution in [0.25, 0.3) is 0 Å². The van der Waals surface area contributed by atoms with Crippen LogP contribution in [-0.2, 0) is 9.84 Å². The lowest BCUT2D eigenvalue weighted by Gasteiger charge is -2.33. The molecular weight excluding hydrogens is 306 g/mol. The van der Waals surface area contributed by atoms with Crippen LogP contribution in [-0.4, -0.2) is 55.3 Å². The van der Waals surface area contributed by atoms with Gasteiger partial charge in [-0.15, -0.1) is 0 Å². The fourth-order valence-corrected chi connectivity index (χ4v) is 5.32. The van der Waals surface area contributed by atoms with Crippen LogP contribution in [0.3, 0.4) is 0 Å². The molecule has 0 N–H and O–H groups in total. The summed E-state index contributed by atoms with van der Waals surface area (Å²) < 4.78 is 23.7. The van der Waals surface area contributed by atoms with Crippen LogP contribution in [0, 0.1) is 13.8 Å². The van der Waals surface area contributed by atoms with Crippen LogP contribution in [0.15, 0.2) is 18.2 Å². The zero-order chi connectivity index (χ0) is 15.6. The second kappa shape index (κ2) is 6.50. The van der Waals surface area contributed by atoms with E-state index < -0.39 is 15.2 Å². The molecule has 1 heterocycles. The number of hydrogen-bond donors (Lipinski definition) is 0. The first-order chi connectivity index (χ1) is 9.79. The quantitative estimate of drug-likeness (QED) is 0.791. The first kappa shape index (κ1) is 16.5. The van der Waals surface area contributed by atoms with E-state index in [-0.39, 0.29) is 12.3 Å². The van der Waals surface area contributed by atoms with E-state index in [4.69, 9.17) is 0 Å². The maximum Gasteiger partial charge on any atom is 0.176 e. The Morgan fingerprint density at radius 1 is 1.33 bits per heavy atom. The average molecular weight is 327 g/mol. The van der Waals surface area contributed by atoms with Gasteiger partial charge in [0.25, 0.3) is 0 Å². The minimum absolute atomic E-state index is 0.0151. The third kappa shape index (κ3) is 4.08. The number of benzene rings is 1. The fourth-order valence-electron chi connectivity index (χ4n) is 2.38. The number of carbonyl (C=O) groups excluding carboxylic acids is 1. The topological polar surface area (TPSA) is 54.5 Å². The Bertz CT molecular complexity index is 640. The van der Waals surface area contributed by atoms with Gasteiger partial charge in [0.2, 0.25) is 0 Å². The summed E-state index contributed by atoms with van der Waals surface area (Å²) in [6.45, 7) is 4.79. The predicted octanol–water partition coefficient (Wildman–Crippen LogP) is 1.91. The number of carbonyl (C=O) groups is 1. The molecule has 1 aliphatic heterocycles. The number of Topliss-reactive ketones (excluding diaryl/α,β-unsaturated/α-hetero) is 1. The molecule has 0 amide bonds. The molecule has 1 aromatic rings. The van der Waals surface area contributed by atoms with Crippen LogP contribution in [0.4, 0.5) is 0 Å². The van der Waals surface area contributed by atoms with Crippen molar-refractivity contribution < 1.29 is 13.2 Å². The van der Waals surface area contributed by atoms with Crippen LogP contribution < -0.4 is 0 Å². The minimum Gasteiger partial charge on any atom is -0.293 e. The van der Waals surface area contributed by atoms with E-state index in [1.54, 1.807) is 16.7 Å². The normalized spacial score (nSPS) is 20.4. The van der Waals surface area contributed by atoms with Gasteiger partial charge < -0.3 is 0 Å². The number of sulfone groups is 1. The molecule has 0 aliphatic carbocycles. The van der Waals surface area contributed by atoms with Crippen molar-refractivity contribution in [2.75, 3.05) is 30.9 Å². The van der Waals surface area contributed by atoms with E-state index in [0.717, 1.165) is 16.9 Å². The van der Waals surface area contributed by atoms with Gasteiger partial charge in [0.05, 0.1) is 6.54 Å². The zero-order valence-corrected chi connectivity index (χ0v) is 14.3. The summed E-state index contributed by atoms with van der Waals surface area (Å²) in [4.78, 5) is 14.2. The van der Waals surface area contributed by atoms with Crippen molar-refractivity contribution >= 4 is 27.4 Å². The molecule has 2 rings (SSSR count). The summed E-state index contributed by atoms with van der Waals surface area (Å²) in [5, 5.41) is -0.549. The molecule has 1 aromatic carbocycles. The second-order valence-corrected chi connectivity index (χ2v) is 8.90. The summed E-state index contributed by atoms with van der Waals surface area (Å²) in [5.41, 5.74) is 2.88. The van der Waals surface area contributed by atoms with Crippen molar-refractivity contribution in [3.05, 3.63) is 34.9 Å². The molecule has 0 aromatic heterocycles. The van der Waals surface area contributed by atoms with Crippen molar-refractivity contribution in [1.82, 2.24) is 4.90 Å². The smallest absolute Gasteiger partial charge is 0.176 e. The summed E-state index contributed by atoms with van der Waals surface area (Å²) in [6, 6.07) is 5.63. The van der Waals surface area contributed by atoms with Gasteiger partial charge in [0.15, 0.2) is 15.6 Å². The van der Waals surface area contributed by atoms with E-state index in [0.29, 0.717) is 17.9 Å². The van der Waals surface area contributed by atoms with Crippen LogP contribution in [0.1, 0.15) is 21.5 Å². The molecule has 4 nitrogen and oxygen atoms in total. The van der Waals surface area contributed by atoms with Crippen LogP contribution in [0.2, 0.25) is 0 Å². The first-order valence-corrected chi connectivity index (χ1v) is 10.0. The standard InChI is InChI=1S/C15H21NO3S2/c1-11-4-5-13(8-12(11)2)14(17)9-16-6-7-20-10-15(16)21(3,18)19/h4-5,8,15H,6-7,9-10H2,1-3H3. The third-order valence-electron chi connectivity index (χ3n) is 3.86.